The zero-order valence-electron chi connectivity index (χ0n) is 20.5. The lowest BCUT2D eigenvalue weighted by Crippen LogP contribution is -2.48. The van der Waals surface area contributed by atoms with Gasteiger partial charge in [-0.1, -0.05) is 61.3 Å². The highest BCUT2D eigenvalue weighted by Crippen LogP contribution is 2.23. The Bertz CT molecular complexity index is 1130. The Morgan fingerprint density at radius 2 is 1.71 bits per heavy atom. The van der Waals surface area contributed by atoms with Crippen molar-refractivity contribution in [3.63, 3.8) is 0 Å². The van der Waals surface area contributed by atoms with Crippen molar-refractivity contribution in [2.45, 2.75) is 46.2 Å². The average molecular weight is 543 g/mol. The standard InChI is InChI=1S/C25H33Cl2N3O4S/c1-18(2)16-28-25(32)19(3)29(17-20-9-5-6-12-23(20)27)24(31)13-8-14-30(35(4,33)34)22-11-7-10-21(26)15-22/h5-7,9-12,15,18-19H,8,13-14,16-17H2,1-4H3,(H,28,32). The van der Waals surface area contributed by atoms with Crippen LogP contribution in [-0.4, -0.2) is 50.5 Å². The number of carbonyl (C=O) groups excluding carboxylic acids is 2. The Morgan fingerprint density at radius 1 is 1.03 bits per heavy atom. The number of carbonyl (C=O) groups is 2. The van der Waals surface area contributed by atoms with Gasteiger partial charge in [-0.05, 0) is 49.1 Å². The van der Waals surface area contributed by atoms with Crippen molar-refractivity contribution in [2.24, 2.45) is 5.92 Å². The third-order valence-corrected chi connectivity index (χ3v) is 7.20. The van der Waals surface area contributed by atoms with E-state index in [2.05, 4.69) is 5.32 Å². The molecule has 0 saturated carbocycles. The average Bonchev–Trinajstić information content (AvgIpc) is 2.78. The van der Waals surface area contributed by atoms with Crippen LogP contribution in [0.5, 0.6) is 0 Å². The van der Waals surface area contributed by atoms with E-state index < -0.39 is 16.1 Å². The third-order valence-electron chi connectivity index (χ3n) is 5.40. The Hall–Kier alpha value is -2.29. The van der Waals surface area contributed by atoms with Crippen LogP contribution in [-0.2, 0) is 26.2 Å². The van der Waals surface area contributed by atoms with Crippen LogP contribution in [0.4, 0.5) is 5.69 Å². The molecular formula is C25H33Cl2N3O4S. The lowest BCUT2D eigenvalue weighted by molar-refractivity contribution is -0.140. The molecule has 2 aromatic carbocycles. The van der Waals surface area contributed by atoms with Crippen LogP contribution in [0.2, 0.25) is 10.0 Å². The maximum absolute atomic E-state index is 13.3. The van der Waals surface area contributed by atoms with Crippen LogP contribution in [0.3, 0.4) is 0 Å². The fourth-order valence-electron chi connectivity index (χ4n) is 3.48. The van der Waals surface area contributed by atoms with E-state index in [1.54, 1.807) is 43.3 Å². The predicted octanol–water partition coefficient (Wildman–Crippen LogP) is 4.73. The summed E-state index contributed by atoms with van der Waals surface area (Å²) in [5, 5.41) is 3.79. The van der Waals surface area contributed by atoms with E-state index in [9.17, 15) is 18.0 Å². The minimum absolute atomic E-state index is 0.0544. The van der Waals surface area contributed by atoms with E-state index in [0.717, 1.165) is 11.8 Å². The van der Waals surface area contributed by atoms with Crippen LogP contribution in [0.25, 0.3) is 0 Å². The number of amides is 2. The molecule has 0 aromatic heterocycles. The van der Waals surface area contributed by atoms with E-state index in [-0.39, 0.29) is 43.7 Å². The SMILES string of the molecule is CC(C)CNC(=O)C(C)N(Cc1ccccc1Cl)C(=O)CCCN(c1cccc(Cl)c1)S(C)(=O)=O. The molecule has 0 bridgehead atoms. The van der Waals surface area contributed by atoms with Crippen molar-refractivity contribution in [1.29, 1.82) is 0 Å². The lowest BCUT2D eigenvalue weighted by atomic mass is 10.1. The highest BCUT2D eigenvalue weighted by Gasteiger charge is 2.27. The first kappa shape index (κ1) is 28.9. The summed E-state index contributed by atoms with van der Waals surface area (Å²) in [6, 6.07) is 13.0. The van der Waals surface area contributed by atoms with Crippen molar-refractivity contribution >= 4 is 50.7 Å². The van der Waals surface area contributed by atoms with Gasteiger partial charge in [0, 0.05) is 36.1 Å². The summed E-state index contributed by atoms with van der Waals surface area (Å²) in [5.41, 5.74) is 1.16. The summed E-state index contributed by atoms with van der Waals surface area (Å²) in [5.74, 6) is -0.250. The number of rotatable bonds is 12. The molecule has 1 unspecified atom stereocenters. The molecule has 0 saturated heterocycles. The van der Waals surface area contributed by atoms with Gasteiger partial charge in [-0.2, -0.15) is 0 Å². The van der Waals surface area contributed by atoms with E-state index in [0.29, 0.717) is 22.3 Å². The van der Waals surface area contributed by atoms with Gasteiger partial charge >= 0.3 is 0 Å². The van der Waals surface area contributed by atoms with Gasteiger partial charge in [-0.25, -0.2) is 8.42 Å². The number of nitrogens with one attached hydrogen (secondary N) is 1. The number of hydrogen-bond donors (Lipinski definition) is 1. The molecule has 192 valence electrons. The largest absolute Gasteiger partial charge is 0.354 e. The second-order valence-electron chi connectivity index (χ2n) is 8.85. The van der Waals surface area contributed by atoms with Crippen LogP contribution < -0.4 is 9.62 Å². The summed E-state index contributed by atoms with van der Waals surface area (Å²) in [6.07, 6.45) is 1.43. The first-order chi connectivity index (χ1) is 16.4. The van der Waals surface area contributed by atoms with Crippen molar-refractivity contribution in [1.82, 2.24) is 10.2 Å². The molecule has 0 spiro atoms. The summed E-state index contributed by atoms with van der Waals surface area (Å²) in [7, 11) is -3.58. The van der Waals surface area contributed by atoms with E-state index >= 15 is 0 Å². The maximum Gasteiger partial charge on any atom is 0.242 e. The fourth-order valence-corrected chi connectivity index (χ4v) is 4.82. The lowest BCUT2D eigenvalue weighted by Gasteiger charge is -2.30. The van der Waals surface area contributed by atoms with Gasteiger partial charge in [-0.15, -0.1) is 0 Å². The third kappa shape index (κ3) is 9.02. The molecule has 0 aliphatic carbocycles. The zero-order chi connectivity index (χ0) is 26.2. The normalized spacial score (nSPS) is 12.3. The highest BCUT2D eigenvalue weighted by molar-refractivity contribution is 7.92. The smallest absolute Gasteiger partial charge is 0.242 e. The fraction of sp³-hybridized carbons (Fsp3) is 0.440. The second kappa shape index (κ2) is 13.1. The molecule has 0 radical (unpaired) electrons. The molecule has 0 fully saturated rings. The highest BCUT2D eigenvalue weighted by atomic mass is 35.5. The Balaban J connectivity index is 2.17. The van der Waals surface area contributed by atoms with Gasteiger partial charge in [0.15, 0.2) is 0 Å². The van der Waals surface area contributed by atoms with Gasteiger partial charge < -0.3 is 10.2 Å². The molecule has 10 heteroatoms. The number of sulfonamides is 1. The van der Waals surface area contributed by atoms with Gasteiger partial charge in [0.1, 0.15) is 6.04 Å². The molecule has 0 heterocycles. The van der Waals surface area contributed by atoms with E-state index in [1.165, 1.54) is 9.21 Å². The van der Waals surface area contributed by atoms with Gasteiger partial charge in [-0.3, -0.25) is 13.9 Å². The topological polar surface area (TPSA) is 86.8 Å². The molecule has 2 rings (SSSR count). The number of anilines is 1. The number of nitrogens with zero attached hydrogens (tertiary/aromatic N) is 2. The van der Waals surface area contributed by atoms with Crippen molar-refractivity contribution < 1.29 is 18.0 Å². The van der Waals surface area contributed by atoms with Crippen molar-refractivity contribution in [3.05, 3.63) is 64.1 Å². The zero-order valence-corrected chi connectivity index (χ0v) is 22.8. The van der Waals surface area contributed by atoms with Crippen molar-refractivity contribution in [2.75, 3.05) is 23.7 Å². The number of halogens is 2. The second-order valence-corrected chi connectivity index (χ2v) is 11.6. The van der Waals surface area contributed by atoms with Gasteiger partial charge in [0.25, 0.3) is 0 Å². The van der Waals surface area contributed by atoms with Gasteiger partial charge in [0.2, 0.25) is 21.8 Å². The quantitative estimate of drug-likeness (QED) is 0.420. The minimum Gasteiger partial charge on any atom is -0.354 e. The maximum atomic E-state index is 13.3. The predicted molar refractivity (Wildman–Crippen MR) is 142 cm³/mol. The van der Waals surface area contributed by atoms with Crippen LogP contribution in [0, 0.1) is 5.92 Å². The van der Waals surface area contributed by atoms with Gasteiger partial charge in [0.05, 0.1) is 11.9 Å². The molecule has 1 N–H and O–H groups in total. The van der Waals surface area contributed by atoms with Crippen LogP contribution >= 0.6 is 23.2 Å². The molecule has 1 atom stereocenters. The summed E-state index contributed by atoms with van der Waals surface area (Å²) in [6.45, 7) is 6.42. The Kier molecular flexibility index (Phi) is 10.9. The van der Waals surface area contributed by atoms with Crippen molar-refractivity contribution in [3.8, 4) is 0 Å². The Morgan fingerprint density at radius 3 is 2.31 bits per heavy atom. The molecule has 2 amide bonds. The van der Waals surface area contributed by atoms with Crippen LogP contribution in [0.15, 0.2) is 48.5 Å². The summed E-state index contributed by atoms with van der Waals surface area (Å²) < 4.78 is 26.0. The molecule has 7 nitrogen and oxygen atoms in total. The van der Waals surface area contributed by atoms with E-state index in [4.69, 9.17) is 23.2 Å². The number of hydrogen-bond acceptors (Lipinski definition) is 4. The molecule has 35 heavy (non-hydrogen) atoms. The summed E-state index contributed by atoms with van der Waals surface area (Å²) in [4.78, 5) is 27.5. The first-order valence-electron chi connectivity index (χ1n) is 11.4. The van der Waals surface area contributed by atoms with E-state index in [1.807, 2.05) is 26.0 Å². The summed E-state index contributed by atoms with van der Waals surface area (Å²) >= 11 is 12.3. The first-order valence-corrected chi connectivity index (χ1v) is 14.0. The molecular weight excluding hydrogens is 509 g/mol. The minimum atomic E-state index is -3.58. The molecule has 0 aliphatic heterocycles. The monoisotopic (exact) mass is 541 g/mol. The Labute approximate surface area is 218 Å². The number of benzene rings is 2. The molecule has 2 aromatic rings. The molecule has 0 aliphatic rings. The van der Waals surface area contributed by atoms with Crippen LogP contribution in [0.1, 0.15) is 39.2 Å².